The molecule has 1 saturated heterocycles. The first-order valence-electron chi connectivity index (χ1n) is 9.88. The second kappa shape index (κ2) is 7.89. The molecule has 0 N–H and O–H groups in total. The molecule has 0 radical (unpaired) electrons. The van der Waals surface area contributed by atoms with Crippen molar-refractivity contribution in [1.29, 1.82) is 0 Å². The zero-order chi connectivity index (χ0) is 18.8. The molecule has 0 spiro atoms. The fourth-order valence-corrected chi connectivity index (χ4v) is 4.17. The molecule has 2 aromatic rings. The fourth-order valence-electron chi connectivity index (χ4n) is 4.05. The number of aromatic nitrogens is 1. The Bertz CT molecular complexity index is 768. The van der Waals surface area contributed by atoms with Crippen molar-refractivity contribution >= 4 is 29.0 Å². The highest BCUT2D eigenvalue weighted by Gasteiger charge is 2.38. The quantitative estimate of drug-likeness (QED) is 0.745. The minimum absolute atomic E-state index is 0.0711. The number of amides is 1. The summed E-state index contributed by atoms with van der Waals surface area (Å²) in [6.45, 7) is 3.94. The van der Waals surface area contributed by atoms with Gasteiger partial charge in [0.05, 0.1) is 0 Å². The third kappa shape index (κ3) is 4.11. The molecule has 142 valence electrons. The van der Waals surface area contributed by atoms with Crippen molar-refractivity contribution in [3.63, 3.8) is 0 Å². The van der Waals surface area contributed by atoms with E-state index in [2.05, 4.69) is 16.8 Å². The van der Waals surface area contributed by atoms with E-state index in [1.165, 1.54) is 12.8 Å². The number of hydrogen-bond acceptors (Lipinski definition) is 3. The molecule has 4 nitrogen and oxygen atoms in total. The van der Waals surface area contributed by atoms with Gasteiger partial charge in [0.1, 0.15) is 5.82 Å². The molecular formula is C22H26ClN3O. The van der Waals surface area contributed by atoms with Crippen LogP contribution in [0.1, 0.15) is 32.6 Å². The van der Waals surface area contributed by atoms with Crippen LogP contribution in [0.25, 0.3) is 0 Å². The first-order valence-corrected chi connectivity index (χ1v) is 10.3. The lowest BCUT2D eigenvalue weighted by atomic mass is 9.94. The molecule has 1 saturated carbocycles. The summed E-state index contributed by atoms with van der Waals surface area (Å²) in [5.41, 5.74) is 0.968. The molecule has 1 aliphatic heterocycles. The lowest BCUT2D eigenvalue weighted by Crippen LogP contribution is -2.47. The summed E-state index contributed by atoms with van der Waals surface area (Å²) < 4.78 is 0. The van der Waals surface area contributed by atoms with E-state index in [1.807, 2.05) is 53.6 Å². The van der Waals surface area contributed by atoms with Gasteiger partial charge in [0.2, 0.25) is 5.91 Å². The van der Waals surface area contributed by atoms with Crippen molar-refractivity contribution in [2.24, 2.45) is 11.8 Å². The maximum atomic E-state index is 13.5. The standard InChI is InChI=1S/C22H26ClN3O/c1-16(17-5-6-17)26(20-9-7-19(23)8-10-20)22(27)18-11-14-25(15-12-18)21-4-2-3-13-24-21/h2-4,7-10,13,16-18H,5-6,11-12,14-15H2,1H3. The van der Waals surface area contributed by atoms with Gasteiger partial charge < -0.3 is 9.80 Å². The molecule has 1 aromatic heterocycles. The molecule has 1 amide bonds. The van der Waals surface area contributed by atoms with E-state index >= 15 is 0 Å². The molecule has 2 aliphatic rings. The molecule has 1 aromatic carbocycles. The molecule has 27 heavy (non-hydrogen) atoms. The minimum Gasteiger partial charge on any atom is -0.357 e. The Morgan fingerprint density at radius 1 is 1.11 bits per heavy atom. The molecule has 2 fully saturated rings. The Morgan fingerprint density at radius 3 is 2.41 bits per heavy atom. The van der Waals surface area contributed by atoms with Crippen LogP contribution >= 0.6 is 11.6 Å². The first kappa shape index (κ1) is 18.3. The van der Waals surface area contributed by atoms with Gasteiger partial charge in [-0.2, -0.15) is 0 Å². The Labute approximate surface area is 166 Å². The molecule has 1 aliphatic carbocycles. The number of anilines is 2. The third-order valence-electron chi connectivity index (χ3n) is 5.87. The maximum absolute atomic E-state index is 13.5. The number of piperidine rings is 1. The van der Waals surface area contributed by atoms with Crippen LogP contribution in [0.4, 0.5) is 11.5 Å². The van der Waals surface area contributed by atoms with Gasteiger partial charge >= 0.3 is 0 Å². The molecule has 2 heterocycles. The van der Waals surface area contributed by atoms with E-state index in [1.54, 1.807) is 0 Å². The first-order chi connectivity index (χ1) is 13.1. The molecule has 4 rings (SSSR count). The Balaban J connectivity index is 1.48. The topological polar surface area (TPSA) is 36.4 Å². The molecule has 0 bridgehead atoms. The maximum Gasteiger partial charge on any atom is 0.230 e. The van der Waals surface area contributed by atoms with Gasteiger partial charge in [-0.1, -0.05) is 17.7 Å². The van der Waals surface area contributed by atoms with Crippen molar-refractivity contribution in [3.8, 4) is 0 Å². The van der Waals surface area contributed by atoms with Gasteiger partial charge in [-0.05, 0) is 74.9 Å². The van der Waals surface area contributed by atoms with Crippen molar-refractivity contribution in [3.05, 3.63) is 53.7 Å². The zero-order valence-electron chi connectivity index (χ0n) is 15.7. The predicted octanol–water partition coefficient (Wildman–Crippen LogP) is 4.78. The number of rotatable bonds is 5. The smallest absolute Gasteiger partial charge is 0.230 e. The molecule has 1 unspecified atom stereocenters. The van der Waals surface area contributed by atoms with Crippen molar-refractivity contribution in [1.82, 2.24) is 4.98 Å². The van der Waals surface area contributed by atoms with E-state index in [-0.39, 0.29) is 17.9 Å². The largest absolute Gasteiger partial charge is 0.357 e. The normalized spacial score (nSPS) is 19.0. The van der Waals surface area contributed by atoms with Gasteiger partial charge in [-0.25, -0.2) is 4.98 Å². The zero-order valence-corrected chi connectivity index (χ0v) is 16.5. The van der Waals surface area contributed by atoms with Gasteiger partial charge in [0, 0.05) is 42.0 Å². The van der Waals surface area contributed by atoms with Crippen molar-refractivity contribution in [2.45, 2.75) is 38.6 Å². The second-order valence-corrected chi connectivity index (χ2v) is 8.15. The molecule has 5 heteroatoms. The number of carbonyl (C=O) groups excluding carboxylic acids is 1. The summed E-state index contributed by atoms with van der Waals surface area (Å²) in [4.78, 5) is 22.2. The highest BCUT2D eigenvalue weighted by Crippen LogP contribution is 2.38. The molecule has 1 atom stereocenters. The van der Waals surface area contributed by atoms with Crippen LogP contribution in [-0.4, -0.2) is 30.0 Å². The summed E-state index contributed by atoms with van der Waals surface area (Å²) in [5.74, 6) is 1.96. The molecular weight excluding hydrogens is 358 g/mol. The third-order valence-corrected chi connectivity index (χ3v) is 6.12. The Morgan fingerprint density at radius 2 is 1.81 bits per heavy atom. The number of halogens is 1. The lowest BCUT2D eigenvalue weighted by molar-refractivity contribution is -0.123. The van der Waals surface area contributed by atoms with Crippen LogP contribution in [0, 0.1) is 11.8 Å². The van der Waals surface area contributed by atoms with Crippen molar-refractivity contribution in [2.75, 3.05) is 22.9 Å². The van der Waals surface area contributed by atoms with E-state index in [9.17, 15) is 4.79 Å². The van der Waals surface area contributed by atoms with Gasteiger partial charge in [-0.15, -0.1) is 0 Å². The SMILES string of the molecule is CC(C1CC1)N(C(=O)C1CCN(c2ccccn2)CC1)c1ccc(Cl)cc1. The van der Waals surface area contributed by atoms with E-state index in [4.69, 9.17) is 11.6 Å². The Hall–Kier alpha value is -2.07. The van der Waals surface area contributed by atoms with Crippen LogP contribution in [-0.2, 0) is 4.79 Å². The second-order valence-electron chi connectivity index (χ2n) is 7.71. The highest BCUT2D eigenvalue weighted by atomic mass is 35.5. The minimum atomic E-state index is 0.0711. The van der Waals surface area contributed by atoms with Gasteiger partial charge in [-0.3, -0.25) is 4.79 Å². The van der Waals surface area contributed by atoms with E-state index < -0.39 is 0 Å². The van der Waals surface area contributed by atoms with E-state index in [0.717, 1.165) is 37.4 Å². The summed E-state index contributed by atoms with van der Waals surface area (Å²) in [6, 6.07) is 13.9. The summed E-state index contributed by atoms with van der Waals surface area (Å²) in [5, 5.41) is 0.703. The summed E-state index contributed by atoms with van der Waals surface area (Å²) in [6.07, 6.45) is 6.01. The average Bonchev–Trinajstić information content (AvgIpc) is 3.56. The van der Waals surface area contributed by atoms with E-state index in [0.29, 0.717) is 10.9 Å². The summed E-state index contributed by atoms with van der Waals surface area (Å²) in [7, 11) is 0. The average molecular weight is 384 g/mol. The number of carbonyl (C=O) groups is 1. The van der Waals surface area contributed by atoms with Crippen LogP contribution in [0.2, 0.25) is 5.02 Å². The monoisotopic (exact) mass is 383 g/mol. The predicted molar refractivity (Wildman–Crippen MR) is 110 cm³/mol. The van der Waals surface area contributed by atoms with Crippen LogP contribution in [0.15, 0.2) is 48.7 Å². The van der Waals surface area contributed by atoms with Gasteiger partial charge in [0.15, 0.2) is 0 Å². The number of hydrogen-bond donors (Lipinski definition) is 0. The number of nitrogens with zero attached hydrogens (tertiary/aromatic N) is 3. The van der Waals surface area contributed by atoms with Crippen LogP contribution < -0.4 is 9.80 Å². The number of benzene rings is 1. The van der Waals surface area contributed by atoms with Gasteiger partial charge in [0.25, 0.3) is 0 Å². The van der Waals surface area contributed by atoms with Crippen LogP contribution in [0.5, 0.6) is 0 Å². The highest BCUT2D eigenvalue weighted by molar-refractivity contribution is 6.30. The summed E-state index contributed by atoms with van der Waals surface area (Å²) >= 11 is 6.06. The van der Waals surface area contributed by atoms with Crippen LogP contribution in [0.3, 0.4) is 0 Å². The Kier molecular flexibility index (Phi) is 5.35. The fraction of sp³-hybridized carbons (Fsp3) is 0.455. The lowest BCUT2D eigenvalue weighted by Gasteiger charge is -2.37. The van der Waals surface area contributed by atoms with Crippen molar-refractivity contribution < 1.29 is 4.79 Å². The number of pyridine rings is 1.